The Bertz CT molecular complexity index is 795. The molecule has 0 unspecified atom stereocenters. The zero-order valence-electron chi connectivity index (χ0n) is 18.4. The topological polar surface area (TPSA) is 58.4 Å². The van der Waals surface area contributed by atoms with Gasteiger partial charge in [0.25, 0.3) is 0 Å². The lowest BCUT2D eigenvalue weighted by molar-refractivity contribution is -0.129. The Morgan fingerprint density at radius 2 is 1.97 bits per heavy atom. The van der Waals surface area contributed by atoms with Crippen LogP contribution in [0, 0.1) is 17.3 Å². The van der Waals surface area contributed by atoms with Gasteiger partial charge in [-0.25, -0.2) is 0 Å². The van der Waals surface area contributed by atoms with Crippen LogP contribution >= 0.6 is 0 Å². The van der Waals surface area contributed by atoms with Gasteiger partial charge in [-0.2, -0.15) is 0 Å². The minimum atomic E-state index is 0.0711. The number of benzene rings is 1. The van der Waals surface area contributed by atoms with Crippen LogP contribution in [0.3, 0.4) is 0 Å². The molecule has 5 nitrogen and oxygen atoms in total. The number of amides is 1. The zero-order chi connectivity index (χ0) is 21.0. The predicted octanol–water partition coefficient (Wildman–Crippen LogP) is 4.82. The molecule has 1 N–H and O–H groups in total. The first kappa shape index (κ1) is 21.4. The van der Waals surface area contributed by atoms with E-state index in [1.165, 1.54) is 0 Å². The molecular weight excluding hydrogens is 362 g/mol. The standard InChI is InChI=1S/C24H35N3O2/c1-6-17(7-2)23(28)25-22-14-18(24(22,3)4)13-19-15-21(29-26-19)16-27(5)20-11-9-8-10-12-20/h8-12,15,17-18,22H,6-7,13-14,16H2,1-5H3,(H,25,28)/t18-,22+/m1/s1. The largest absolute Gasteiger partial charge is 0.367 e. The molecule has 2 aromatic rings. The van der Waals surface area contributed by atoms with Gasteiger partial charge in [0.05, 0.1) is 12.2 Å². The summed E-state index contributed by atoms with van der Waals surface area (Å²) in [4.78, 5) is 14.6. The van der Waals surface area contributed by atoms with Gasteiger partial charge in [-0.1, -0.05) is 51.1 Å². The maximum atomic E-state index is 12.4. The Morgan fingerprint density at radius 3 is 2.59 bits per heavy atom. The molecule has 1 fully saturated rings. The molecule has 0 radical (unpaired) electrons. The van der Waals surface area contributed by atoms with Crippen LogP contribution in [0.5, 0.6) is 0 Å². The molecule has 3 rings (SSSR count). The van der Waals surface area contributed by atoms with Gasteiger partial charge in [0.15, 0.2) is 5.76 Å². The number of hydrogen-bond acceptors (Lipinski definition) is 4. The highest BCUT2D eigenvalue weighted by molar-refractivity contribution is 5.79. The minimum absolute atomic E-state index is 0.0711. The van der Waals surface area contributed by atoms with Crippen LogP contribution in [0.15, 0.2) is 40.9 Å². The van der Waals surface area contributed by atoms with E-state index in [4.69, 9.17) is 4.52 Å². The van der Waals surface area contributed by atoms with Gasteiger partial charge in [0.2, 0.25) is 5.91 Å². The predicted molar refractivity (Wildman–Crippen MR) is 117 cm³/mol. The summed E-state index contributed by atoms with van der Waals surface area (Å²) in [6, 6.07) is 12.6. The van der Waals surface area contributed by atoms with E-state index >= 15 is 0 Å². The van der Waals surface area contributed by atoms with E-state index < -0.39 is 0 Å². The van der Waals surface area contributed by atoms with Gasteiger partial charge in [0.1, 0.15) is 0 Å². The monoisotopic (exact) mass is 397 g/mol. The highest BCUT2D eigenvalue weighted by atomic mass is 16.5. The first-order valence-corrected chi connectivity index (χ1v) is 10.9. The van der Waals surface area contributed by atoms with Crippen molar-refractivity contribution >= 4 is 11.6 Å². The summed E-state index contributed by atoms with van der Waals surface area (Å²) in [6.07, 6.45) is 3.70. The summed E-state index contributed by atoms with van der Waals surface area (Å²) in [5, 5.41) is 7.59. The van der Waals surface area contributed by atoms with Crippen LogP contribution in [0.4, 0.5) is 5.69 Å². The van der Waals surface area contributed by atoms with E-state index in [1.54, 1.807) is 0 Å². The van der Waals surface area contributed by atoms with Crippen LogP contribution < -0.4 is 10.2 Å². The lowest BCUT2D eigenvalue weighted by Crippen LogP contribution is -2.59. The number of rotatable bonds is 9. The van der Waals surface area contributed by atoms with Crippen LogP contribution in [0.2, 0.25) is 0 Å². The summed E-state index contributed by atoms with van der Waals surface area (Å²) in [5.41, 5.74) is 2.23. The maximum Gasteiger partial charge on any atom is 0.223 e. The average molecular weight is 398 g/mol. The van der Waals surface area contributed by atoms with Crippen molar-refractivity contribution in [2.24, 2.45) is 17.3 Å². The molecule has 0 bridgehead atoms. The molecule has 1 heterocycles. The molecule has 1 aromatic carbocycles. The Balaban J connectivity index is 1.53. The third-order valence-electron chi connectivity index (χ3n) is 6.80. The molecule has 0 saturated heterocycles. The van der Waals surface area contributed by atoms with Crippen molar-refractivity contribution in [3.63, 3.8) is 0 Å². The molecule has 1 aromatic heterocycles. The molecular formula is C24H35N3O2. The first-order chi connectivity index (χ1) is 13.8. The van der Waals surface area contributed by atoms with Crippen molar-refractivity contribution in [3.05, 3.63) is 47.9 Å². The van der Waals surface area contributed by atoms with Gasteiger partial charge in [-0.15, -0.1) is 0 Å². The number of para-hydroxylation sites is 1. The van der Waals surface area contributed by atoms with Crippen molar-refractivity contribution in [3.8, 4) is 0 Å². The third-order valence-corrected chi connectivity index (χ3v) is 6.80. The third kappa shape index (κ3) is 4.82. The van der Waals surface area contributed by atoms with Crippen molar-refractivity contribution < 1.29 is 9.32 Å². The van der Waals surface area contributed by atoms with Crippen LogP contribution in [0.1, 0.15) is 58.4 Å². The normalized spacial score (nSPS) is 20.3. The van der Waals surface area contributed by atoms with Gasteiger partial charge >= 0.3 is 0 Å². The summed E-state index contributed by atoms with van der Waals surface area (Å²) < 4.78 is 5.58. The minimum Gasteiger partial charge on any atom is -0.367 e. The van der Waals surface area contributed by atoms with E-state index in [9.17, 15) is 4.79 Å². The quantitative estimate of drug-likeness (QED) is 0.659. The lowest BCUT2D eigenvalue weighted by atomic mass is 9.57. The Morgan fingerprint density at radius 1 is 1.28 bits per heavy atom. The second-order valence-corrected chi connectivity index (χ2v) is 9.01. The van der Waals surface area contributed by atoms with Crippen LogP contribution in [0.25, 0.3) is 0 Å². The van der Waals surface area contributed by atoms with Gasteiger partial charge in [0, 0.05) is 30.8 Å². The molecule has 1 aliphatic rings. The van der Waals surface area contributed by atoms with Crippen molar-refractivity contribution in [1.29, 1.82) is 0 Å². The summed E-state index contributed by atoms with van der Waals surface area (Å²) in [5.74, 6) is 1.71. The molecule has 1 saturated carbocycles. The van der Waals surface area contributed by atoms with Crippen molar-refractivity contribution in [1.82, 2.24) is 10.5 Å². The zero-order valence-corrected chi connectivity index (χ0v) is 18.4. The maximum absolute atomic E-state index is 12.4. The molecule has 2 atom stereocenters. The SMILES string of the molecule is CCC(CC)C(=O)N[C@H]1C[C@@H](Cc2cc(CN(C)c3ccccc3)on2)C1(C)C. The number of carbonyl (C=O) groups excluding carboxylic acids is 1. The molecule has 0 spiro atoms. The van der Waals surface area contributed by atoms with Gasteiger partial charge < -0.3 is 14.7 Å². The molecule has 1 amide bonds. The van der Waals surface area contributed by atoms with E-state index in [0.29, 0.717) is 12.5 Å². The fraction of sp³-hybridized carbons (Fsp3) is 0.583. The van der Waals surface area contributed by atoms with Gasteiger partial charge in [-0.3, -0.25) is 4.79 Å². The summed E-state index contributed by atoms with van der Waals surface area (Å²) >= 11 is 0. The molecule has 0 aliphatic heterocycles. The fourth-order valence-corrected chi connectivity index (χ4v) is 4.34. The second kappa shape index (κ2) is 9.02. The number of nitrogens with one attached hydrogen (secondary N) is 1. The van der Waals surface area contributed by atoms with Crippen molar-refractivity contribution in [2.75, 3.05) is 11.9 Å². The average Bonchev–Trinajstić information content (AvgIpc) is 3.15. The number of nitrogens with zero attached hydrogens (tertiary/aromatic N) is 2. The molecule has 1 aliphatic carbocycles. The summed E-state index contributed by atoms with van der Waals surface area (Å²) in [6.45, 7) is 9.37. The van der Waals surface area contributed by atoms with Gasteiger partial charge in [-0.05, 0) is 49.1 Å². The van der Waals surface area contributed by atoms with Crippen LogP contribution in [-0.2, 0) is 17.8 Å². The van der Waals surface area contributed by atoms with E-state index in [2.05, 4.69) is 68.3 Å². The molecule has 158 valence electrons. The Labute approximate surface area is 174 Å². The van der Waals surface area contributed by atoms with Crippen molar-refractivity contribution in [2.45, 2.75) is 66.0 Å². The number of anilines is 1. The number of carbonyl (C=O) groups is 1. The van der Waals surface area contributed by atoms with E-state index in [-0.39, 0.29) is 23.3 Å². The molecule has 5 heteroatoms. The molecule has 29 heavy (non-hydrogen) atoms. The van der Waals surface area contributed by atoms with Crippen LogP contribution in [-0.4, -0.2) is 24.2 Å². The van der Waals surface area contributed by atoms with E-state index in [1.807, 2.05) is 18.2 Å². The first-order valence-electron chi connectivity index (χ1n) is 10.9. The second-order valence-electron chi connectivity index (χ2n) is 9.01. The number of hydrogen-bond donors (Lipinski definition) is 1. The Hall–Kier alpha value is -2.30. The lowest BCUT2D eigenvalue weighted by Gasteiger charge is -2.52. The smallest absolute Gasteiger partial charge is 0.223 e. The number of aromatic nitrogens is 1. The highest BCUT2D eigenvalue weighted by Gasteiger charge is 2.49. The highest BCUT2D eigenvalue weighted by Crippen LogP contribution is 2.48. The van der Waals surface area contributed by atoms with E-state index in [0.717, 1.165) is 42.8 Å². The fourth-order valence-electron chi connectivity index (χ4n) is 4.34. The summed E-state index contributed by atoms with van der Waals surface area (Å²) in [7, 11) is 2.06. The Kier molecular flexibility index (Phi) is 6.66.